The predicted octanol–water partition coefficient (Wildman–Crippen LogP) is 3.57. The molecule has 1 fully saturated rings. The van der Waals surface area contributed by atoms with Crippen molar-refractivity contribution < 1.29 is 0 Å². The minimum Gasteiger partial charge on any atom is -0.357 e. The van der Waals surface area contributed by atoms with E-state index in [2.05, 4.69) is 60.1 Å². The van der Waals surface area contributed by atoms with E-state index in [1.165, 1.54) is 43.8 Å². The first kappa shape index (κ1) is 21.2. The van der Waals surface area contributed by atoms with Crippen molar-refractivity contribution >= 4 is 17.3 Å². The monoisotopic (exact) mass is 379 g/mol. The van der Waals surface area contributed by atoms with Crippen LogP contribution in [-0.2, 0) is 6.54 Å². The lowest BCUT2D eigenvalue weighted by molar-refractivity contribution is 0.139. The lowest BCUT2D eigenvalue weighted by Gasteiger charge is -2.34. The molecule has 0 aliphatic carbocycles. The van der Waals surface area contributed by atoms with Crippen LogP contribution in [0.4, 0.5) is 0 Å². The van der Waals surface area contributed by atoms with Crippen LogP contribution in [0.3, 0.4) is 0 Å². The fraction of sp³-hybridized carbons (Fsp3) is 0.800. The van der Waals surface area contributed by atoms with Gasteiger partial charge in [-0.3, -0.25) is 0 Å². The molecule has 0 amide bonds. The number of nitrogens with one attached hydrogen (secondary N) is 2. The molecule has 0 spiro atoms. The molecule has 2 heterocycles. The predicted molar refractivity (Wildman–Crippen MR) is 113 cm³/mol. The maximum absolute atomic E-state index is 4.68. The number of aromatic nitrogens is 1. The van der Waals surface area contributed by atoms with Gasteiger partial charge in [-0.25, -0.2) is 9.98 Å². The minimum atomic E-state index is 0.651. The second-order valence-electron chi connectivity index (χ2n) is 7.78. The number of hydrogen-bond acceptors (Lipinski definition) is 4. The van der Waals surface area contributed by atoms with E-state index in [9.17, 15) is 0 Å². The molecule has 148 valence electrons. The van der Waals surface area contributed by atoms with E-state index < -0.39 is 0 Å². The number of rotatable bonds is 8. The van der Waals surface area contributed by atoms with E-state index in [0.29, 0.717) is 6.54 Å². The van der Waals surface area contributed by atoms with E-state index in [-0.39, 0.29) is 0 Å². The van der Waals surface area contributed by atoms with E-state index >= 15 is 0 Å². The number of aliphatic imine (C=N–C) groups is 1. The van der Waals surface area contributed by atoms with Crippen LogP contribution in [0.5, 0.6) is 0 Å². The number of hydrogen-bond donors (Lipinski definition) is 2. The van der Waals surface area contributed by atoms with Crippen molar-refractivity contribution in [3.8, 4) is 0 Å². The summed E-state index contributed by atoms with van der Waals surface area (Å²) in [4.78, 5) is 13.2. The Kier molecular flexibility index (Phi) is 8.85. The molecule has 2 atom stereocenters. The molecule has 2 rings (SSSR count). The lowest BCUT2D eigenvalue weighted by Crippen LogP contribution is -2.40. The maximum Gasteiger partial charge on any atom is 0.191 e. The second kappa shape index (κ2) is 10.9. The van der Waals surface area contributed by atoms with Crippen molar-refractivity contribution in [3.05, 3.63) is 15.6 Å². The quantitative estimate of drug-likeness (QED) is 0.412. The minimum absolute atomic E-state index is 0.651. The molecule has 0 radical (unpaired) electrons. The zero-order chi connectivity index (χ0) is 18.9. The van der Waals surface area contributed by atoms with Gasteiger partial charge in [0.05, 0.1) is 12.2 Å². The normalized spacial score (nSPS) is 21.8. The standard InChI is InChI=1S/C20H37N5S/c1-6-21-20(23-12-19-24-17(4)18(5)26-19)22-9-7-8-10-25-13-15(2)11-16(3)14-25/h15-16H,6-14H2,1-5H3,(H2,21,22,23). The molecule has 1 aliphatic heterocycles. The maximum atomic E-state index is 4.68. The Morgan fingerprint density at radius 1 is 1.19 bits per heavy atom. The van der Waals surface area contributed by atoms with Gasteiger partial charge in [-0.1, -0.05) is 13.8 Å². The summed E-state index contributed by atoms with van der Waals surface area (Å²) in [6, 6.07) is 0. The third-order valence-corrected chi connectivity index (χ3v) is 5.99. The van der Waals surface area contributed by atoms with Gasteiger partial charge in [-0.2, -0.15) is 0 Å². The van der Waals surface area contributed by atoms with Crippen LogP contribution in [0, 0.1) is 25.7 Å². The average Bonchev–Trinajstić information content (AvgIpc) is 2.89. The fourth-order valence-electron chi connectivity index (χ4n) is 3.74. The molecule has 2 N–H and O–H groups in total. The molecule has 1 saturated heterocycles. The topological polar surface area (TPSA) is 52.6 Å². The Morgan fingerprint density at radius 2 is 1.92 bits per heavy atom. The molecule has 2 unspecified atom stereocenters. The van der Waals surface area contributed by atoms with E-state index in [4.69, 9.17) is 0 Å². The van der Waals surface area contributed by atoms with Gasteiger partial charge in [0.2, 0.25) is 0 Å². The molecule has 26 heavy (non-hydrogen) atoms. The number of guanidine groups is 1. The van der Waals surface area contributed by atoms with E-state index in [1.54, 1.807) is 11.3 Å². The summed E-state index contributed by atoms with van der Waals surface area (Å²) in [6.07, 6.45) is 3.81. The molecule has 6 heteroatoms. The molecular formula is C20H37N5S. The number of thiazole rings is 1. The molecule has 0 aromatic carbocycles. The van der Waals surface area contributed by atoms with Crippen LogP contribution in [0.15, 0.2) is 4.99 Å². The van der Waals surface area contributed by atoms with Crippen LogP contribution in [0.1, 0.15) is 55.6 Å². The summed E-state index contributed by atoms with van der Waals surface area (Å²) >= 11 is 1.74. The van der Waals surface area contributed by atoms with Gasteiger partial charge in [-0.15, -0.1) is 11.3 Å². The summed E-state index contributed by atoms with van der Waals surface area (Å²) in [5.41, 5.74) is 1.12. The van der Waals surface area contributed by atoms with Crippen molar-refractivity contribution in [1.82, 2.24) is 20.5 Å². The molecule has 5 nitrogen and oxygen atoms in total. The Balaban J connectivity index is 1.68. The summed E-state index contributed by atoms with van der Waals surface area (Å²) in [5, 5.41) is 7.88. The molecule has 0 saturated carbocycles. The van der Waals surface area contributed by atoms with Crippen LogP contribution in [0.2, 0.25) is 0 Å². The van der Waals surface area contributed by atoms with Crippen LogP contribution < -0.4 is 10.6 Å². The highest BCUT2D eigenvalue weighted by Gasteiger charge is 2.20. The Bertz CT molecular complexity index is 539. The van der Waals surface area contributed by atoms with Gasteiger partial charge in [-0.05, 0) is 58.4 Å². The van der Waals surface area contributed by atoms with Crippen LogP contribution >= 0.6 is 11.3 Å². The Hall–Kier alpha value is -1.14. The Morgan fingerprint density at radius 3 is 2.54 bits per heavy atom. The van der Waals surface area contributed by atoms with Gasteiger partial charge >= 0.3 is 0 Å². The highest BCUT2D eigenvalue weighted by Crippen LogP contribution is 2.21. The molecule has 1 aliphatic rings. The number of unbranched alkanes of at least 4 members (excludes halogenated alkanes) is 1. The summed E-state index contributed by atoms with van der Waals surface area (Å²) in [6.45, 7) is 17.3. The smallest absolute Gasteiger partial charge is 0.191 e. The van der Waals surface area contributed by atoms with E-state index in [1.807, 2.05) is 0 Å². The molecular weight excluding hydrogens is 342 g/mol. The number of aryl methyl sites for hydroxylation is 2. The van der Waals surface area contributed by atoms with Crippen molar-refractivity contribution in [2.24, 2.45) is 16.8 Å². The first-order valence-corrected chi connectivity index (χ1v) is 11.0. The molecule has 1 aromatic rings. The fourth-order valence-corrected chi connectivity index (χ4v) is 4.60. The zero-order valence-corrected chi connectivity index (χ0v) is 18.1. The first-order valence-electron chi connectivity index (χ1n) is 10.1. The van der Waals surface area contributed by atoms with Gasteiger partial charge in [0.25, 0.3) is 0 Å². The molecule has 1 aromatic heterocycles. The summed E-state index contributed by atoms with van der Waals surface area (Å²) in [7, 11) is 0. The summed E-state index contributed by atoms with van der Waals surface area (Å²) in [5.74, 6) is 2.60. The number of piperidine rings is 1. The zero-order valence-electron chi connectivity index (χ0n) is 17.3. The van der Waals surface area contributed by atoms with Gasteiger partial charge in [0.15, 0.2) is 5.96 Å². The van der Waals surface area contributed by atoms with Crippen molar-refractivity contribution in [3.63, 3.8) is 0 Å². The first-order chi connectivity index (χ1) is 12.5. The van der Waals surface area contributed by atoms with Gasteiger partial charge in [0.1, 0.15) is 5.01 Å². The average molecular weight is 380 g/mol. The SMILES string of the molecule is CCNC(=NCc1nc(C)c(C)s1)NCCCCN1CC(C)CC(C)C1. The number of nitrogens with zero attached hydrogens (tertiary/aromatic N) is 3. The van der Waals surface area contributed by atoms with E-state index in [0.717, 1.165) is 41.6 Å². The van der Waals surface area contributed by atoms with Crippen LogP contribution in [-0.4, -0.2) is 48.6 Å². The second-order valence-corrected chi connectivity index (χ2v) is 9.07. The largest absolute Gasteiger partial charge is 0.357 e. The third kappa shape index (κ3) is 7.23. The van der Waals surface area contributed by atoms with Crippen molar-refractivity contribution in [1.29, 1.82) is 0 Å². The lowest BCUT2D eigenvalue weighted by atomic mass is 9.92. The van der Waals surface area contributed by atoms with Gasteiger partial charge in [0, 0.05) is 31.1 Å². The van der Waals surface area contributed by atoms with Crippen molar-refractivity contribution in [2.45, 2.75) is 60.4 Å². The highest BCUT2D eigenvalue weighted by atomic mass is 32.1. The Labute approximate surface area is 163 Å². The van der Waals surface area contributed by atoms with Crippen molar-refractivity contribution in [2.75, 3.05) is 32.7 Å². The third-order valence-electron chi connectivity index (χ3n) is 4.93. The summed E-state index contributed by atoms with van der Waals surface area (Å²) < 4.78 is 0. The van der Waals surface area contributed by atoms with Crippen LogP contribution in [0.25, 0.3) is 0 Å². The molecule has 0 bridgehead atoms. The van der Waals surface area contributed by atoms with Gasteiger partial charge < -0.3 is 15.5 Å². The highest BCUT2D eigenvalue weighted by molar-refractivity contribution is 7.11. The number of likely N-dealkylation sites (tertiary alicyclic amines) is 1.